The first-order chi connectivity index (χ1) is 8.20. The highest BCUT2D eigenvalue weighted by molar-refractivity contribution is 5.74. The summed E-state index contributed by atoms with van der Waals surface area (Å²) in [4.78, 5) is 12.9. The molecule has 2 rings (SSSR count). The van der Waals surface area contributed by atoms with Crippen LogP contribution in [0.3, 0.4) is 0 Å². The van der Waals surface area contributed by atoms with Gasteiger partial charge < -0.3 is 14.7 Å². The van der Waals surface area contributed by atoms with Gasteiger partial charge in [0.1, 0.15) is 12.3 Å². The summed E-state index contributed by atoms with van der Waals surface area (Å²) in [5.74, 6) is -0.0306. The zero-order valence-electron chi connectivity index (χ0n) is 9.93. The molecule has 1 fully saturated rings. The summed E-state index contributed by atoms with van der Waals surface area (Å²) in [6.07, 6.45) is 3.33. The second kappa shape index (κ2) is 5.08. The van der Waals surface area contributed by atoms with Crippen LogP contribution in [0.1, 0.15) is 19.3 Å². The molecule has 0 amide bonds. The topological polar surface area (TPSA) is 49.8 Å². The lowest BCUT2D eigenvalue weighted by molar-refractivity contribution is -0.135. The van der Waals surface area contributed by atoms with Gasteiger partial charge in [0.15, 0.2) is 0 Å². The Labute approximate surface area is 101 Å². The van der Waals surface area contributed by atoms with Crippen molar-refractivity contribution in [2.45, 2.75) is 25.3 Å². The average molecular weight is 235 g/mol. The highest BCUT2D eigenvalue weighted by Gasteiger charge is 2.26. The van der Waals surface area contributed by atoms with E-state index in [4.69, 9.17) is 9.84 Å². The van der Waals surface area contributed by atoms with Gasteiger partial charge in [0, 0.05) is 17.8 Å². The summed E-state index contributed by atoms with van der Waals surface area (Å²) in [6, 6.07) is 7.94. The second-order valence-corrected chi connectivity index (χ2v) is 4.31. The standard InChI is InChI=1S/C13H17NO3/c1-17-12-7-3-6-11(8-12)14(9-13(15)16)10-4-2-5-10/h3,6-8,10H,2,4-5,9H2,1H3,(H,15,16). The number of methoxy groups -OCH3 is 1. The van der Waals surface area contributed by atoms with Gasteiger partial charge in [-0.15, -0.1) is 0 Å². The van der Waals surface area contributed by atoms with Crippen LogP contribution in [0.5, 0.6) is 5.75 Å². The summed E-state index contributed by atoms with van der Waals surface area (Å²) in [5.41, 5.74) is 0.927. The monoisotopic (exact) mass is 235 g/mol. The number of carbonyl (C=O) groups is 1. The first-order valence-electron chi connectivity index (χ1n) is 5.83. The first kappa shape index (κ1) is 11.8. The summed E-state index contributed by atoms with van der Waals surface area (Å²) in [5, 5.41) is 8.97. The van der Waals surface area contributed by atoms with E-state index in [0.717, 1.165) is 24.3 Å². The highest BCUT2D eigenvalue weighted by Crippen LogP contribution is 2.31. The van der Waals surface area contributed by atoms with E-state index in [9.17, 15) is 4.79 Å². The molecule has 0 atom stereocenters. The van der Waals surface area contributed by atoms with Crippen LogP contribution in [-0.4, -0.2) is 30.8 Å². The Morgan fingerprint density at radius 1 is 1.53 bits per heavy atom. The Bertz CT molecular complexity index is 401. The number of hydrogen-bond acceptors (Lipinski definition) is 3. The lowest BCUT2D eigenvalue weighted by Gasteiger charge is -2.38. The fraction of sp³-hybridized carbons (Fsp3) is 0.462. The molecule has 0 radical (unpaired) electrons. The molecule has 4 heteroatoms. The maximum atomic E-state index is 10.9. The van der Waals surface area contributed by atoms with Crippen LogP contribution in [0.25, 0.3) is 0 Å². The molecular weight excluding hydrogens is 218 g/mol. The third-order valence-corrected chi connectivity index (χ3v) is 3.21. The number of aliphatic carboxylic acids is 1. The van der Waals surface area contributed by atoms with Crippen LogP contribution in [0.2, 0.25) is 0 Å². The van der Waals surface area contributed by atoms with E-state index in [2.05, 4.69) is 0 Å². The van der Waals surface area contributed by atoms with E-state index in [-0.39, 0.29) is 6.54 Å². The zero-order valence-corrected chi connectivity index (χ0v) is 9.93. The van der Waals surface area contributed by atoms with Crippen LogP contribution >= 0.6 is 0 Å². The number of anilines is 1. The largest absolute Gasteiger partial charge is 0.497 e. The molecule has 0 aromatic heterocycles. The molecule has 0 unspecified atom stereocenters. The molecule has 0 heterocycles. The van der Waals surface area contributed by atoms with Crippen molar-refractivity contribution >= 4 is 11.7 Å². The van der Waals surface area contributed by atoms with E-state index in [1.165, 1.54) is 6.42 Å². The molecular formula is C13H17NO3. The maximum absolute atomic E-state index is 10.9. The maximum Gasteiger partial charge on any atom is 0.323 e. The minimum atomic E-state index is -0.792. The summed E-state index contributed by atoms with van der Waals surface area (Å²) in [7, 11) is 1.62. The Kier molecular flexibility index (Phi) is 3.52. The number of carboxylic acids is 1. The number of nitrogens with zero attached hydrogens (tertiary/aromatic N) is 1. The van der Waals surface area contributed by atoms with E-state index in [1.54, 1.807) is 7.11 Å². The molecule has 17 heavy (non-hydrogen) atoms. The summed E-state index contributed by atoms with van der Waals surface area (Å²) < 4.78 is 5.17. The van der Waals surface area contributed by atoms with Crippen LogP contribution in [-0.2, 0) is 4.79 Å². The van der Waals surface area contributed by atoms with Crippen LogP contribution in [0, 0.1) is 0 Å². The van der Waals surface area contributed by atoms with Gasteiger partial charge in [-0.25, -0.2) is 0 Å². The Hall–Kier alpha value is -1.71. The van der Waals surface area contributed by atoms with Crippen LogP contribution < -0.4 is 9.64 Å². The van der Waals surface area contributed by atoms with Gasteiger partial charge in [-0.2, -0.15) is 0 Å². The van der Waals surface area contributed by atoms with Gasteiger partial charge in [-0.1, -0.05) is 6.07 Å². The SMILES string of the molecule is COc1cccc(N(CC(=O)O)C2CCC2)c1. The van der Waals surface area contributed by atoms with Gasteiger partial charge in [0.25, 0.3) is 0 Å². The van der Waals surface area contributed by atoms with Gasteiger partial charge >= 0.3 is 5.97 Å². The molecule has 92 valence electrons. The predicted molar refractivity (Wildman–Crippen MR) is 65.6 cm³/mol. The first-order valence-corrected chi connectivity index (χ1v) is 5.83. The molecule has 0 spiro atoms. The molecule has 0 bridgehead atoms. The number of rotatable bonds is 5. The summed E-state index contributed by atoms with van der Waals surface area (Å²) >= 11 is 0. The fourth-order valence-electron chi connectivity index (χ4n) is 2.06. The van der Waals surface area contributed by atoms with Crippen molar-refractivity contribution < 1.29 is 14.6 Å². The Morgan fingerprint density at radius 2 is 2.29 bits per heavy atom. The molecule has 1 aromatic rings. The van der Waals surface area contributed by atoms with Crippen LogP contribution in [0.15, 0.2) is 24.3 Å². The van der Waals surface area contributed by atoms with E-state index < -0.39 is 5.97 Å². The molecule has 4 nitrogen and oxygen atoms in total. The minimum absolute atomic E-state index is 0.0534. The Balaban J connectivity index is 2.20. The van der Waals surface area contributed by atoms with Crippen molar-refractivity contribution in [2.75, 3.05) is 18.6 Å². The molecule has 1 aliphatic rings. The minimum Gasteiger partial charge on any atom is -0.497 e. The lowest BCUT2D eigenvalue weighted by atomic mass is 9.91. The normalized spacial score (nSPS) is 15.1. The lowest BCUT2D eigenvalue weighted by Crippen LogP contribution is -2.43. The third-order valence-electron chi connectivity index (χ3n) is 3.21. The fourth-order valence-corrected chi connectivity index (χ4v) is 2.06. The smallest absolute Gasteiger partial charge is 0.323 e. The zero-order chi connectivity index (χ0) is 12.3. The average Bonchev–Trinajstić information content (AvgIpc) is 2.25. The van der Waals surface area contributed by atoms with Gasteiger partial charge in [-0.05, 0) is 31.4 Å². The van der Waals surface area contributed by atoms with Gasteiger partial charge in [0.2, 0.25) is 0 Å². The highest BCUT2D eigenvalue weighted by atomic mass is 16.5. The van der Waals surface area contributed by atoms with E-state index in [0.29, 0.717) is 6.04 Å². The van der Waals surface area contributed by atoms with E-state index in [1.807, 2.05) is 29.2 Å². The summed E-state index contributed by atoms with van der Waals surface area (Å²) in [6.45, 7) is 0.0534. The second-order valence-electron chi connectivity index (χ2n) is 4.31. The van der Waals surface area contributed by atoms with E-state index >= 15 is 0 Å². The molecule has 1 saturated carbocycles. The Morgan fingerprint density at radius 3 is 2.82 bits per heavy atom. The van der Waals surface area contributed by atoms with Crippen molar-refractivity contribution in [1.82, 2.24) is 0 Å². The number of ether oxygens (including phenoxy) is 1. The quantitative estimate of drug-likeness (QED) is 0.849. The van der Waals surface area contributed by atoms with Crippen molar-refractivity contribution in [1.29, 1.82) is 0 Å². The molecule has 0 saturated heterocycles. The number of benzene rings is 1. The van der Waals surface area contributed by atoms with Crippen LogP contribution in [0.4, 0.5) is 5.69 Å². The third kappa shape index (κ3) is 2.70. The van der Waals surface area contributed by atoms with Crippen molar-refractivity contribution in [3.05, 3.63) is 24.3 Å². The molecule has 1 aromatic carbocycles. The van der Waals surface area contributed by atoms with Gasteiger partial charge in [-0.3, -0.25) is 4.79 Å². The van der Waals surface area contributed by atoms with Crippen molar-refractivity contribution in [3.63, 3.8) is 0 Å². The van der Waals surface area contributed by atoms with Crippen molar-refractivity contribution in [3.8, 4) is 5.75 Å². The molecule has 1 N–H and O–H groups in total. The molecule has 1 aliphatic carbocycles. The van der Waals surface area contributed by atoms with Gasteiger partial charge in [0.05, 0.1) is 7.11 Å². The van der Waals surface area contributed by atoms with Crippen molar-refractivity contribution in [2.24, 2.45) is 0 Å². The molecule has 0 aliphatic heterocycles. The number of carboxylic acid groups (broad SMARTS) is 1. The number of hydrogen-bond donors (Lipinski definition) is 1. The predicted octanol–water partition coefficient (Wildman–Crippen LogP) is 2.14.